The van der Waals surface area contributed by atoms with Crippen molar-refractivity contribution >= 4 is 10.2 Å². The Kier molecular flexibility index (Phi) is 3.53. The molecule has 37 valence electrons. The molecule has 0 unspecified atom stereocenters. The summed E-state index contributed by atoms with van der Waals surface area (Å²) in [5, 5.41) is 0. The fourth-order valence-corrected chi connectivity index (χ4v) is 1.41. The third-order valence-corrected chi connectivity index (χ3v) is 1.18. The van der Waals surface area contributed by atoms with E-state index in [0.29, 0.717) is 0 Å². The van der Waals surface area contributed by atoms with Gasteiger partial charge in [0.05, 0.1) is 0 Å². The van der Waals surface area contributed by atoms with Crippen LogP contribution >= 0.6 is 0 Å². The lowest BCUT2D eigenvalue weighted by Crippen LogP contribution is -1.85. The molecule has 0 spiro atoms. The molecule has 0 aromatic heterocycles. The van der Waals surface area contributed by atoms with E-state index in [9.17, 15) is 0 Å². The molecule has 0 saturated heterocycles. The summed E-state index contributed by atoms with van der Waals surface area (Å²) >= 11 is 0. The summed E-state index contributed by atoms with van der Waals surface area (Å²) in [4.78, 5) is 0. The van der Waals surface area contributed by atoms with Crippen LogP contribution < -0.4 is 0 Å². The van der Waals surface area contributed by atoms with Crippen LogP contribution in [0.2, 0.25) is 0 Å². The van der Waals surface area contributed by atoms with Gasteiger partial charge in [-0.25, -0.2) is 0 Å². The van der Waals surface area contributed by atoms with Crippen molar-refractivity contribution in [2.45, 2.75) is 20.3 Å². The summed E-state index contributed by atoms with van der Waals surface area (Å²) in [7, 11) is 1.26. The van der Waals surface area contributed by atoms with Gasteiger partial charge in [0.15, 0.2) is 0 Å². The molecule has 0 amide bonds. The number of hydrogen-bond acceptors (Lipinski definition) is 0. The Hall–Kier alpha value is 0.217. The standard InChI is InChI=1S/C5H13Si/c1-5(2)3-4-6/h4-5H,3H2,1-2,6H3. The average molecular weight is 101 g/mol. The molecular weight excluding hydrogens is 88.1 g/mol. The van der Waals surface area contributed by atoms with Crippen molar-refractivity contribution in [2.24, 2.45) is 5.92 Å². The second-order valence-electron chi connectivity index (χ2n) is 2.04. The van der Waals surface area contributed by atoms with Gasteiger partial charge in [0, 0.05) is 10.2 Å². The second-order valence-corrected chi connectivity index (χ2v) is 2.85. The van der Waals surface area contributed by atoms with Gasteiger partial charge < -0.3 is 0 Å². The van der Waals surface area contributed by atoms with Crippen molar-refractivity contribution in [1.29, 1.82) is 0 Å². The molecule has 1 heteroatoms. The molecule has 0 atom stereocenters. The van der Waals surface area contributed by atoms with Crippen LogP contribution in [0.3, 0.4) is 0 Å². The van der Waals surface area contributed by atoms with Crippen LogP contribution in [0, 0.1) is 12.0 Å². The van der Waals surface area contributed by atoms with E-state index in [1.165, 1.54) is 16.7 Å². The molecule has 0 fully saturated rings. The van der Waals surface area contributed by atoms with E-state index in [0.717, 1.165) is 5.92 Å². The highest BCUT2D eigenvalue weighted by Crippen LogP contribution is 1.97. The monoisotopic (exact) mass is 101 g/mol. The van der Waals surface area contributed by atoms with Crippen LogP contribution in [0.15, 0.2) is 0 Å². The SMILES string of the molecule is CC(C)C[CH][SiH3]. The maximum absolute atomic E-state index is 2.34. The molecule has 0 heterocycles. The van der Waals surface area contributed by atoms with Gasteiger partial charge in [-0.3, -0.25) is 0 Å². The van der Waals surface area contributed by atoms with Crippen molar-refractivity contribution in [3.05, 3.63) is 6.04 Å². The Bertz CT molecular complexity index is 25.1. The zero-order chi connectivity index (χ0) is 4.99. The Morgan fingerprint density at radius 2 is 2.17 bits per heavy atom. The summed E-state index contributed by atoms with van der Waals surface area (Å²) in [6, 6.07) is 2.34. The average Bonchev–Trinajstić information content (AvgIpc) is 1.35. The summed E-state index contributed by atoms with van der Waals surface area (Å²) in [5.74, 6) is 0.877. The Balaban J connectivity index is 2.63. The Labute approximate surface area is 43.4 Å². The predicted octanol–water partition coefficient (Wildman–Crippen LogP) is 0.560. The third-order valence-electron chi connectivity index (χ3n) is 0.707. The van der Waals surface area contributed by atoms with Gasteiger partial charge in [0.25, 0.3) is 0 Å². The maximum atomic E-state index is 2.34. The lowest BCUT2D eigenvalue weighted by molar-refractivity contribution is 0.654. The third kappa shape index (κ3) is 4.22. The van der Waals surface area contributed by atoms with E-state index < -0.39 is 0 Å². The molecule has 0 nitrogen and oxygen atoms in total. The highest BCUT2D eigenvalue weighted by Gasteiger charge is 1.85. The maximum Gasteiger partial charge on any atom is 0.00669 e. The largest absolute Gasteiger partial charge is 0.0628 e. The van der Waals surface area contributed by atoms with Crippen molar-refractivity contribution in [3.8, 4) is 0 Å². The van der Waals surface area contributed by atoms with Crippen molar-refractivity contribution in [1.82, 2.24) is 0 Å². The van der Waals surface area contributed by atoms with Crippen LogP contribution in [0.4, 0.5) is 0 Å². The van der Waals surface area contributed by atoms with Gasteiger partial charge in [-0.15, -0.1) is 0 Å². The normalized spacial score (nSPS) is 10.5. The minimum Gasteiger partial charge on any atom is -0.0628 e. The minimum atomic E-state index is 0.877. The van der Waals surface area contributed by atoms with E-state index >= 15 is 0 Å². The first-order valence-electron chi connectivity index (χ1n) is 2.55. The second kappa shape index (κ2) is 3.41. The fraction of sp³-hybridized carbons (Fsp3) is 0.800. The van der Waals surface area contributed by atoms with E-state index in [1.54, 1.807) is 0 Å². The lowest BCUT2D eigenvalue weighted by Gasteiger charge is -1.95. The van der Waals surface area contributed by atoms with Crippen molar-refractivity contribution < 1.29 is 0 Å². The zero-order valence-electron chi connectivity index (χ0n) is 4.86. The van der Waals surface area contributed by atoms with Gasteiger partial charge in [-0.1, -0.05) is 26.3 Å². The minimum absolute atomic E-state index is 0.877. The van der Waals surface area contributed by atoms with Gasteiger partial charge in [0.2, 0.25) is 0 Å². The van der Waals surface area contributed by atoms with E-state index in [4.69, 9.17) is 0 Å². The first kappa shape index (κ1) is 6.22. The van der Waals surface area contributed by atoms with Crippen molar-refractivity contribution in [3.63, 3.8) is 0 Å². The molecule has 0 rings (SSSR count). The smallest absolute Gasteiger partial charge is 0.00669 e. The zero-order valence-corrected chi connectivity index (χ0v) is 6.86. The highest BCUT2D eigenvalue weighted by molar-refractivity contribution is 6.14. The van der Waals surface area contributed by atoms with E-state index in [1.807, 2.05) is 0 Å². The molecule has 0 saturated carbocycles. The first-order chi connectivity index (χ1) is 2.77. The first-order valence-corrected chi connectivity index (χ1v) is 3.70. The number of rotatable bonds is 2. The molecule has 6 heavy (non-hydrogen) atoms. The van der Waals surface area contributed by atoms with Crippen LogP contribution in [0.25, 0.3) is 0 Å². The fourth-order valence-electron chi connectivity index (χ4n) is 0.471. The summed E-state index contributed by atoms with van der Waals surface area (Å²) in [6.07, 6.45) is 1.31. The Morgan fingerprint density at radius 1 is 1.67 bits per heavy atom. The quantitative estimate of drug-likeness (QED) is 0.446. The molecule has 0 bridgehead atoms. The predicted molar refractivity (Wildman–Crippen MR) is 33.7 cm³/mol. The molecule has 0 aromatic carbocycles. The van der Waals surface area contributed by atoms with Crippen LogP contribution in [-0.4, -0.2) is 10.2 Å². The van der Waals surface area contributed by atoms with Crippen LogP contribution in [0.5, 0.6) is 0 Å². The summed E-state index contributed by atoms with van der Waals surface area (Å²) in [6.45, 7) is 4.49. The van der Waals surface area contributed by atoms with Gasteiger partial charge in [-0.05, 0) is 5.92 Å². The van der Waals surface area contributed by atoms with Crippen molar-refractivity contribution in [2.75, 3.05) is 0 Å². The molecule has 0 aromatic rings. The molecule has 1 radical (unpaired) electrons. The molecule has 0 N–H and O–H groups in total. The van der Waals surface area contributed by atoms with Crippen LogP contribution in [-0.2, 0) is 0 Å². The van der Waals surface area contributed by atoms with E-state index in [2.05, 4.69) is 19.9 Å². The molecule has 0 aliphatic carbocycles. The van der Waals surface area contributed by atoms with Gasteiger partial charge >= 0.3 is 0 Å². The van der Waals surface area contributed by atoms with Gasteiger partial charge in [-0.2, -0.15) is 0 Å². The van der Waals surface area contributed by atoms with Crippen LogP contribution in [0.1, 0.15) is 20.3 Å². The number of hydrogen-bond donors (Lipinski definition) is 0. The lowest BCUT2D eigenvalue weighted by atomic mass is 10.2. The summed E-state index contributed by atoms with van der Waals surface area (Å²) in [5.41, 5.74) is 0. The highest BCUT2D eigenvalue weighted by atomic mass is 28.1. The van der Waals surface area contributed by atoms with Gasteiger partial charge in [0.1, 0.15) is 0 Å². The summed E-state index contributed by atoms with van der Waals surface area (Å²) < 4.78 is 0. The molecule has 0 aliphatic rings. The topological polar surface area (TPSA) is 0 Å². The van der Waals surface area contributed by atoms with E-state index in [-0.39, 0.29) is 0 Å². The Morgan fingerprint density at radius 3 is 2.17 bits per heavy atom. The molecular formula is C5H13Si. The molecule has 0 aliphatic heterocycles.